The van der Waals surface area contributed by atoms with E-state index < -0.39 is 10.2 Å². The summed E-state index contributed by atoms with van der Waals surface area (Å²) in [6.45, 7) is 1.69. The summed E-state index contributed by atoms with van der Waals surface area (Å²) in [6.07, 6.45) is 0. The Morgan fingerprint density at radius 1 is 1.29 bits per heavy atom. The zero-order valence-electron chi connectivity index (χ0n) is 15.0. The fraction of sp³-hybridized carbons (Fsp3) is 0.176. The Hall–Kier alpha value is -3.47. The molecule has 1 amide bonds. The van der Waals surface area contributed by atoms with E-state index in [9.17, 15) is 14.9 Å². The summed E-state index contributed by atoms with van der Waals surface area (Å²) in [7, 11) is 1.42. The predicted molar refractivity (Wildman–Crippen MR) is 103 cm³/mol. The molecule has 0 aliphatic rings. The summed E-state index contributed by atoms with van der Waals surface area (Å²) in [4.78, 5) is 23.0. The molecule has 1 aromatic heterocycles. The predicted octanol–water partition coefficient (Wildman–Crippen LogP) is 2.70. The first-order valence-electron chi connectivity index (χ1n) is 8.13. The normalized spacial score (nSPS) is 11.6. The van der Waals surface area contributed by atoms with Crippen LogP contribution in [0.25, 0.3) is 5.69 Å². The smallest absolute Gasteiger partial charge is 0.271 e. The summed E-state index contributed by atoms with van der Waals surface area (Å²) in [5, 5.41) is 25.1. The van der Waals surface area contributed by atoms with Crippen molar-refractivity contribution in [2.24, 2.45) is 0 Å². The third kappa shape index (κ3) is 4.26. The van der Waals surface area contributed by atoms with Gasteiger partial charge in [-0.2, -0.15) is 4.68 Å². The van der Waals surface area contributed by atoms with Crippen molar-refractivity contribution >= 4 is 29.0 Å². The summed E-state index contributed by atoms with van der Waals surface area (Å²) in [5.41, 5.74) is 0.837. The number of aromatic nitrogens is 4. The van der Waals surface area contributed by atoms with Crippen LogP contribution in [-0.4, -0.2) is 43.4 Å². The number of rotatable bonds is 7. The van der Waals surface area contributed by atoms with Crippen molar-refractivity contribution in [3.05, 3.63) is 58.6 Å². The number of tetrazole rings is 1. The van der Waals surface area contributed by atoms with Gasteiger partial charge in [-0.3, -0.25) is 14.9 Å². The van der Waals surface area contributed by atoms with Crippen LogP contribution in [0.2, 0.25) is 0 Å². The fourth-order valence-corrected chi connectivity index (χ4v) is 3.14. The van der Waals surface area contributed by atoms with E-state index in [0.29, 0.717) is 10.9 Å². The van der Waals surface area contributed by atoms with Crippen LogP contribution in [0.1, 0.15) is 6.92 Å². The van der Waals surface area contributed by atoms with Crippen LogP contribution in [0.3, 0.4) is 0 Å². The fourth-order valence-electron chi connectivity index (χ4n) is 2.34. The number of non-ortho nitro benzene ring substituents is 1. The number of hydrogen-bond donors (Lipinski definition) is 1. The Labute approximate surface area is 164 Å². The number of anilines is 1. The average molecular weight is 400 g/mol. The molecule has 144 valence electrons. The third-order valence-electron chi connectivity index (χ3n) is 3.74. The number of ether oxygens (including phenoxy) is 1. The maximum atomic E-state index is 12.6. The monoisotopic (exact) mass is 400 g/mol. The first-order chi connectivity index (χ1) is 13.5. The molecule has 1 N–H and O–H groups in total. The van der Waals surface area contributed by atoms with Crippen molar-refractivity contribution in [3.8, 4) is 11.4 Å². The van der Waals surface area contributed by atoms with Gasteiger partial charge in [-0.1, -0.05) is 30.0 Å². The number of methoxy groups -OCH3 is 1. The van der Waals surface area contributed by atoms with Gasteiger partial charge in [0.05, 0.1) is 28.7 Å². The SMILES string of the molecule is COc1ccc([N+](=O)[O-])cc1NC(=O)C(C)Sc1nnnn1-c1ccccc1. The lowest BCUT2D eigenvalue weighted by Crippen LogP contribution is -2.23. The minimum atomic E-state index is -0.572. The lowest BCUT2D eigenvalue weighted by atomic mass is 10.2. The highest BCUT2D eigenvalue weighted by Crippen LogP contribution is 2.30. The number of thioether (sulfide) groups is 1. The van der Waals surface area contributed by atoms with Gasteiger partial charge in [0, 0.05) is 12.1 Å². The van der Waals surface area contributed by atoms with Crippen LogP contribution in [0.4, 0.5) is 11.4 Å². The Kier molecular flexibility index (Phi) is 5.84. The molecule has 0 aliphatic heterocycles. The van der Waals surface area contributed by atoms with Gasteiger partial charge in [0.15, 0.2) is 0 Å². The van der Waals surface area contributed by atoms with Crippen LogP contribution in [0, 0.1) is 10.1 Å². The van der Waals surface area contributed by atoms with E-state index >= 15 is 0 Å². The van der Waals surface area contributed by atoms with Crippen molar-refractivity contribution in [2.75, 3.05) is 12.4 Å². The third-order valence-corrected chi connectivity index (χ3v) is 4.78. The Balaban J connectivity index is 1.76. The van der Waals surface area contributed by atoms with Crippen molar-refractivity contribution in [1.82, 2.24) is 20.2 Å². The van der Waals surface area contributed by atoms with E-state index in [0.717, 1.165) is 17.4 Å². The van der Waals surface area contributed by atoms with Gasteiger partial charge in [0.1, 0.15) is 5.75 Å². The first-order valence-corrected chi connectivity index (χ1v) is 9.01. The quantitative estimate of drug-likeness (QED) is 0.364. The molecular weight excluding hydrogens is 384 g/mol. The zero-order chi connectivity index (χ0) is 20.1. The van der Waals surface area contributed by atoms with Gasteiger partial charge in [-0.15, -0.1) is 5.10 Å². The molecule has 1 atom stereocenters. The number of para-hydroxylation sites is 1. The molecular formula is C17H16N6O4S. The van der Waals surface area contributed by atoms with Crippen molar-refractivity contribution in [1.29, 1.82) is 0 Å². The zero-order valence-corrected chi connectivity index (χ0v) is 15.8. The van der Waals surface area contributed by atoms with E-state index in [1.165, 1.54) is 30.0 Å². The number of benzene rings is 2. The van der Waals surface area contributed by atoms with Crippen LogP contribution in [0.5, 0.6) is 5.75 Å². The molecule has 0 saturated carbocycles. The summed E-state index contributed by atoms with van der Waals surface area (Å²) in [5.74, 6) is -0.0447. The number of nitrogens with zero attached hydrogens (tertiary/aromatic N) is 5. The Morgan fingerprint density at radius 3 is 2.71 bits per heavy atom. The molecule has 11 heteroatoms. The van der Waals surface area contributed by atoms with Crippen molar-refractivity contribution < 1.29 is 14.5 Å². The summed E-state index contributed by atoms with van der Waals surface area (Å²) < 4.78 is 6.69. The van der Waals surface area contributed by atoms with Gasteiger partial charge in [-0.05, 0) is 35.5 Å². The standard InChI is InChI=1S/C17H16N6O4S/c1-11(28-17-19-20-21-22(17)12-6-4-3-5-7-12)16(24)18-14-10-13(23(25)26)8-9-15(14)27-2/h3-11H,1-2H3,(H,18,24). The van der Waals surface area contributed by atoms with Crippen LogP contribution < -0.4 is 10.1 Å². The molecule has 1 heterocycles. The second-order valence-electron chi connectivity index (χ2n) is 5.60. The highest BCUT2D eigenvalue weighted by molar-refractivity contribution is 8.00. The van der Waals surface area contributed by atoms with Gasteiger partial charge in [0.2, 0.25) is 11.1 Å². The van der Waals surface area contributed by atoms with Gasteiger partial charge < -0.3 is 10.1 Å². The van der Waals surface area contributed by atoms with E-state index in [1.807, 2.05) is 30.3 Å². The second-order valence-corrected chi connectivity index (χ2v) is 6.91. The number of carbonyl (C=O) groups is 1. The molecule has 0 spiro atoms. The van der Waals surface area contributed by atoms with Crippen LogP contribution >= 0.6 is 11.8 Å². The largest absolute Gasteiger partial charge is 0.495 e. The number of carbonyl (C=O) groups excluding carboxylic acids is 1. The van der Waals surface area contributed by atoms with E-state index in [1.54, 1.807) is 6.92 Å². The van der Waals surface area contributed by atoms with Gasteiger partial charge >= 0.3 is 0 Å². The molecule has 3 aromatic rings. The molecule has 28 heavy (non-hydrogen) atoms. The minimum Gasteiger partial charge on any atom is -0.495 e. The molecule has 0 saturated heterocycles. The van der Waals surface area contributed by atoms with Gasteiger partial charge in [0.25, 0.3) is 5.69 Å². The topological polar surface area (TPSA) is 125 Å². The molecule has 0 bridgehead atoms. The molecule has 1 unspecified atom stereocenters. The first kappa shape index (κ1) is 19.3. The lowest BCUT2D eigenvalue weighted by Gasteiger charge is -2.13. The van der Waals surface area contributed by atoms with E-state index in [2.05, 4.69) is 20.8 Å². The summed E-state index contributed by atoms with van der Waals surface area (Å²) >= 11 is 1.16. The van der Waals surface area contributed by atoms with Gasteiger partial charge in [-0.25, -0.2) is 0 Å². The Bertz CT molecular complexity index is 994. The Morgan fingerprint density at radius 2 is 2.04 bits per heavy atom. The maximum Gasteiger partial charge on any atom is 0.271 e. The van der Waals surface area contributed by atoms with Crippen molar-refractivity contribution in [2.45, 2.75) is 17.3 Å². The lowest BCUT2D eigenvalue weighted by molar-refractivity contribution is -0.384. The number of amides is 1. The molecule has 2 aromatic carbocycles. The number of nitro benzene ring substituents is 1. The molecule has 3 rings (SSSR count). The van der Waals surface area contributed by atoms with E-state index in [4.69, 9.17) is 4.74 Å². The number of hydrogen-bond acceptors (Lipinski definition) is 8. The highest BCUT2D eigenvalue weighted by atomic mass is 32.2. The number of nitrogens with one attached hydrogen (secondary N) is 1. The highest BCUT2D eigenvalue weighted by Gasteiger charge is 2.21. The van der Waals surface area contributed by atoms with Crippen molar-refractivity contribution in [3.63, 3.8) is 0 Å². The molecule has 0 aliphatic carbocycles. The second kappa shape index (κ2) is 8.48. The molecule has 0 radical (unpaired) electrons. The average Bonchev–Trinajstić information content (AvgIpc) is 3.16. The van der Waals surface area contributed by atoms with Crippen LogP contribution in [0.15, 0.2) is 53.7 Å². The number of nitro groups is 1. The molecule has 10 nitrogen and oxygen atoms in total. The summed E-state index contributed by atoms with van der Waals surface area (Å²) in [6, 6.07) is 13.3. The minimum absolute atomic E-state index is 0.149. The molecule has 0 fully saturated rings. The van der Waals surface area contributed by atoms with Crippen LogP contribution in [-0.2, 0) is 4.79 Å². The van der Waals surface area contributed by atoms with E-state index in [-0.39, 0.29) is 17.3 Å². The maximum absolute atomic E-state index is 12.6.